The number of rotatable bonds is 3. The number of ketones is 2. The Morgan fingerprint density at radius 3 is 2.14 bits per heavy atom. The average molecular weight is 422 g/mol. The van der Waals surface area contributed by atoms with Gasteiger partial charge in [0, 0.05) is 44.1 Å². The predicted octanol–water partition coefficient (Wildman–Crippen LogP) is 5.42. The summed E-state index contributed by atoms with van der Waals surface area (Å²) in [5.74, 6) is -0.842. The smallest absolute Gasteiger partial charge is 0.248 e. The van der Waals surface area contributed by atoms with E-state index in [1.54, 1.807) is 60.7 Å². The van der Waals surface area contributed by atoms with Crippen molar-refractivity contribution >= 4 is 52.4 Å². The molecular weight excluding hydrogens is 409 g/mol. The van der Waals surface area contributed by atoms with Gasteiger partial charge >= 0.3 is 0 Å². The largest absolute Gasteiger partial charge is 0.322 e. The lowest BCUT2D eigenvalue weighted by Gasteiger charge is -2.18. The lowest BCUT2D eigenvalue weighted by Crippen LogP contribution is -2.21. The lowest BCUT2D eigenvalue weighted by molar-refractivity contribution is -0.111. The molecule has 29 heavy (non-hydrogen) atoms. The maximum Gasteiger partial charge on any atom is 0.248 e. The molecule has 1 aliphatic rings. The summed E-state index contributed by atoms with van der Waals surface area (Å²) < 4.78 is 0. The maximum absolute atomic E-state index is 12.8. The summed E-state index contributed by atoms with van der Waals surface area (Å²) in [5, 5.41) is 3.63. The molecule has 0 spiro atoms. The van der Waals surface area contributed by atoms with E-state index in [9.17, 15) is 14.4 Å². The van der Waals surface area contributed by atoms with Crippen molar-refractivity contribution in [1.29, 1.82) is 0 Å². The number of amides is 1. The molecular formula is C23H13Cl2NO3. The highest BCUT2D eigenvalue weighted by Crippen LogP contribution is 2.29. The van der Waals surface area contributed by atoms with Crippen LogP contribution in [0.2, 0.25) is 10.0 Å². The van der Waals surface area contributed by atoms with E-state index in [2.05, 4.69) is 5.32 Å². The van der Waals surface area contributed by atoms with E-state index in [4.69, 9.17) is 23.2 Å². The highest BCUT2D eigenvalue weighted by molar-refractivity contribution is 6.35. The number of hydrogen-bond donors (Lipinski definition) is 1. The van der Waals surface area contributed by atoms with E-state index in [1.165, 1.54) is 12.1 Å². The molecule has 0 aromatic heterocycles. The van der Waals surface area contributed by atoms with Gasteiger partial charge in [-0.25, -0.2) is 0 Å². The fourth-order valence-corrected chi connectivity index (χ4v) is 3.63. The molecule has 1 N–H and O–H groups in total. The number of carbonyl (C=O) groups excluding carboxylic acids is 3. The van der Waals surface area contributed by atoms with Gasteiger partial charge in [0.15, 0.2) is 11.6 Å². The summed E-state index contributed by atoms with van der Waals surface area (Å²) >= 11 is 11.9. The maximum atomic E-state index is 12.8. The van der Waals surface area contributed by atoms with Crippen LogP contribution in [0.4, 0.5) is 5.69 Å². The molecule has 0 radical (unpaired) electrons. The number of benzene rings is 3. The molecule has 4 rings (SSSR count). The van der Waals surface area contributed by atoms with Crippen molar-refractivity contribution in [2.24, 2.45) is 0 Å². The van der Waals surface area contributed by atoms with E-state index < -0.39 is 5.91 Å². The molecule has 3 aromatic rings. The standard InChI is InChI=1S/C23H13Cl2NO3/c24-14-7-5-13(20(25)11-14)6-10-21(27)26-15-8-9-18-19(12-15)23(29)17-4-2-1-3-16(17)22(18)28/h1-12H,(H,26,27). The van der Waals surface area contributed by atoms with Gasteiger partial charge in [0.1, 0.15) is 0 Å². The molecule has 0 saturated heterocycles. The Morgan fingerprint density at radius 2 is 1.45 bits per heavy atom. The van der Waals surface area contributed by atoms with Gasteiger partial charge in [-0.1, -0.05) is 53.5 Å². The number of fused-ring (bicyclic) bond motifs is 2. The number of carbonyl (C=O) groups is 3. The van der Waals surface area contributed by atoms with Crippen molar-refractivity contribution in [3.8, 4) is 0 Å². The van der Waals surface area contributed by atoms with Crippen LogP contribution in [0, 0.1) is 0 Å². The number of halogens is 2. The van der Waals surface area contributed by atoms with Gasteiger partial charge < -0.3 is 5.32 Å². The zero-order chi connectivity index (χ0) is 20.5. The molecule has 0 saturated carbocycles. The summed E-state index contributed by atoms with van der Waals surface area (Å²) in [6, 6.07) is 16.3. The molecule has 3 aromatic carbocycles. The van der Waals surface area contributed by atoms with Crippen LogP contribution in [0.15, 0.2) is 66.7 Å². The van der Waals surface area contributed by atoms with Gasteiger partial charge in [0.2, 0.25) is 5.91 Å². The molecule has 0 bridgehead atoms. The number of hydrogen-bond acceptors (Lipinski definition) is 3. The quantitative estimate of drug-likeness (QED) is 0.449. The Balaban J connectivity index is 1.56. The van der Waals surface area contributed by atoms with Crippen molar-refractivity contribution in [3.63, 3.8) is 0 Å². The third kappa shape index (κ3) is 3.73. The van der Waals surface area contributed by atoms with Gasteiger partial charge in [-0.15, -0.1) is 0 Å². The minimum Gasteiger partial charge on any atom is -0.322 e. The number of nitrogens with one attached hydrogen (secondary N) is 1. The normalized spacial score (nSPS) is 12.6. The van der Waals surface area contributed by atoms with E-state index in [-0.39, 0.29) is 17.1 Å². The zero-order valence-electron chi connectivity index (χ0n) is 14.9. The van der Waals surface area contributed by atoms with Crippen LogP contribution in [0.3, 0.4) is 0 Å². The Labute approximate surface area is 176 Å². The van der Waals surface area contributed by atoms with Crippen LogP contribution < -0.4 is 5.32 Å². The Hall–Kier alpha value is -3.21. The first-order chi connectivity index (χ1) is 13.9. The molecule has 4 nitrogen and oxygen atoms in total. The minimum absolute atomic E-state index is 0.203. The minimum atomic E-state index is -0.397. The lowest BCUT2D eigenvalue weighted by atomic mass is 9.84. The Kier molecular flexibility index (Phi) is 5.05. The monoisotopic (exact) mass is 421 g/mol. The molecule has 0 aliphatic heterocycles. The number of anilines is 1. The van der Waals surface area contributed by atoms with Crippen LogP contribution in [-0.2, 0) is 4.79 Å². The second kappa shape index (κ2) is 7.66. The van der Waals surface area contributed by atoms with E-state index in [1.807, 2.05) is 0 Å². The second-order valence-corrected chi connectivity index (χ2v) is 7.30. The van der Waals surface area contributed by atoms with E-state index >= 15 is 0 Å². The molecule has 142 valence electrons. The fourth-order valence-electron chi connectivity index (χ4n) is 3.16. The van der Waals surface area contributed by atoms with E-state index in [0.717, 1.165) is 0 Å². The first-order valence-electron chi connectivity index (χ1n) is 8.70. The molecule has 6 heteroatoms. The fraction of sp³-hybridized carbons (Fsp3) is 0. The molecule has 0 fully saturated rings. The van der Waals surface area contributed by atoms with Gasteiger partial charge in [-0.05, 0) is 42.0 Å². The SMILES string of the molecule is O=C(C=Cc1ccc(Cl)cc1Cl)Nc1ccc2c(c1)C(=O)c1ccccc1C2=O. The predicted molar refractivity (Wildman–Crippen MR) is 114 cm³/mol. The zero-order valence-corrected chi connectivity index (χ0v) is 16.4. The van der Waals surface area contributed by atoms with Gasteiger partial charge in [0.25, 0.3) is 0 Å². The van der Waals surface area contributed by atoms with Crippen molar-refractivity contribution in [1.82, 2.24) is 0 Å². The highest BCUT2D eigenvalue weighted by Gasteiger charge is 2.29. The summed E-state index contributed by atoms with van der Waals surface area (Å²) in [6.07, 6.45) is 2.90. The van der Waals surface area contributed by atoms with Crippen molar-refractivity contribution < 1.29 is 14.4 Å². The highest BCUT2D eigenvalue weighted by atomic mass is 35.5. The second-order valence-electron chi connectivity index (χ2n) is 6.45. The van der Waals surface area contributed by atoms with Crippen LogP contribution in [0.5, 0.6) is 0 Å². The Bertz CT molecular complexity index is 1210. The third-order valence-corrected chi connectivity index (χ3v) is 5.13. The van der Waals surface area contributed by atoms with Crippen molar-refractivity contribution in [2.75, 3.05) is 5.32 Å². The third-order valence-electron chi connectivity index (χ3n) is 4.57. The molecule has 1 aliphatic carbocycles. The molecule has 0 atom stereocenters. The molecule has 0 heterocycles. The van der Waals surface area contributed by atoms with E-state index in [0.29, 0.717) is 38.0 Å². The average Bonchev–Trinajstić information content (AvgIpc) is 2.71. The summed E-state index contributed by atoms with van der Waals surface area (Å²) in [7, 11) is 0. The van der Waals surface area contributed by atoms with Crippen LogP contribution in [-0.4, -0.2) is 17.5 Å². The molecule has 1 amide bonds. The van der Waals surface area contributed by atoms with Crippen molar-refractivity contribution in [2.45, 2.75) is 0 Å². The van der Waals surface area contributed by atoms with Crippen LogP contribution in [0.1, 0.15) is 37.4 Å². The first kappa shape index (κ1) is 19.1. The van der Waals surface area contributed by atoms with Crippen molar-refractivity contribution in [3.05, 3.63) is 105 Å². The molecule has 0 unspecified atom stereocenters. The summed E-state index contributed by atoms with van der Waals surface area (Å²) in [6.45, 7) is 0. The van der Waals surface area contributed by atoms with Crippen LogP contribution >= 0.6 is 23.2 Å². The first-order valence-corrected chi connectivity index (χ1v) is 9.46. The van der Waals surface area contributed by atoms with Gasteiger partial charge in [0.05, 0.1) is 0 Å². The Morgan fingerprint density at radius 1 is 0.793 bits per heavy atom. The summed E-state index contributed by atoms with van der Waals surface area (Å²) in [4.78, 5) is 37.6. The van der Waals surface area contributed by atoms with Gasteiger partial charge in [-0.2, -0.15) is 0 Å². The van der Waals surface area contributed by atoms with Gasteiger partial charge in [-0.3, -0.25) is 14.4 Å². The topological polar surface area (TPSA) is 63.2 Å². The van der Waals surface area contributed by atoms with Crippen LogP contribution in [0.25, 0.3) is 6.08 Å². The summed E-state index contributed by atoms with van der Waals surface area (Å²) in [5.41, 5.74) is 2.43.